The molecule has 0 radical (unpaired) electrons. The number of amides is 2. The first kappa shape index (κ1) is 29.8. The van der Waals surface area contributed by atoms with Crippen LogP contribution in [0.5, 0.6) is 0 Å². The lowest BCUT2D eigenvalue weighted by molar-refractivity contribution is -0.138. The molecule has 1 aliphatic carbocycles. The maximum atomic E-state index is 13.6. The van der Waals surface area contributed by atoms with E-state index in [9.17, 15) is 18.0 Å². The van der Waals surface area contributed by atoms with Gasteiger partial charge in [-0.3, -0.25) is 9.59 Å². The van der Waals surface area contributed by atoms with Gasteiger partial charge >= 0.3 is 0 Å². The van der Waals surface area contributed by atoms with Crippen LogP contribution in [0, 0.1) is 5.41 Å². The second-order valence-electron chi connectivity index (χ2n) is 12.4. The third-order valence-corrected chi connectivity index (χ3v) is 12.2. The van der Waals surface area contributed by atoms with E-state index in [0.29, 0.717) is 23.9 Å². The van der Waals surface area contributed by atoms with Crippen LogP contribution in [0.2, 0.25) is 0 Å². The van der Waals surface area contributed by atoms with Crippen LogP contribution in [0.15, 0.2) is 59.5 Å². The molecule has 1 N–H and O–H groups in total. The first-order valence-electron chi connectivity index (χ1n) is 15.4. The van der Waals surface area contributed by atoms with Crippen LogP contribution in [0.25, 0.3) is 0 Å². The molecule has 1 saturated carbocycles. The predicted molar refractivity (Wildman–Crippen MR) is 161 cm³/mol. The Bertz CT molecular complexity index is 1300. The fourth-order valence-corrected chi connectivity index (χ4v) is 7.89. The predicted octanol–water partition coefficient (Wildman–Crippen LogP) is 4.92. The average molecular weight is 580 g/mol. The van der Waals surface area contributed by atoms with Crippen molar-refractivity contribution in [2.45, 2.75) is 93.9 Å². The van der Waals surface area contributed by atoms with Crippen LogP contribution >= 0.6 is 0 Å². The number of hydrogen-bond donors (Lipinski definition) is 1. The summed E-state index contributed by atoms with van der Waals surface area (Å²) in [6.45, 7) is 7.46. The van der Waals surface area contributed by atoms with Crippen LogP contribution in [-0.2, 0) is 26.0 Å². The van der Waals surface area contributed by atoms with Gasteiger partial charge in [-0.15, -0.1) is 0 Å². The molecular weight excluding hydrogens is 534 g/mol. The number of nitrogens with one attached hydrogen (secondary N) is 1. The monoisotopic (exact) mass is 579 g/mol. The van der Waals surface area contributed by atoms with Gasteiger partial charge in [-0.1, -0.05) is 49.4 Å². The number of rotatable bonds is 11. The Balaban J connectivity index is 1.14. The number of nitrogens with zero attached hydrogens (tertiary/aromatic N) is 2. The molecular formula is C33H45N3O4S. The molecule has 7 nitrogen and oxygen atoms in total. The summed E-state index contributed by atoms with van der Waals surface area (Å²) in [4.78, 5) is 31.5. The second-order valence-corrected chi connectivity index (χ2v) is 14.8. The van der Waals surface area contributed by atoms with E-state index in [1.54, 1.807) is 19.1 Å². The van der Waals surface area contributed by atoms with Crippen LogP contribution in [0.4, 0.5) is 0 Å². The van der Waals surface area contributed by atoms with Crippen molar-refractivity contribution >= 4 is 21.7 Å². The summed E-state index contributed by atoms with van der Waals surface area (Å²) in [6, 6.07) is 17.5. The minimum Gasteiger partial charge on any atom is -0.353 e. The Labute approximate surface area is 245 Å². The highest BCUT2D eigenvalue weighted by atomic mass is 32.2. The molecule has 0 aromatic heterocycles. The molecule has 2 atom stereocenters. The Morgan fingerprint density at radius 2 is 1.66 bits per heavy atom. The highest BCUT2D eigenvalue weighted by Gasteiger charge is 2.48. The van der Waals surface area contributed by atoms with Crippen LogP contribution < -0.4 is 5.32 Å². The molecule has 2 aliphatic heterocycles. The van der Waals surface area contributed by atoms with E-state index >= 15 is 0 Å². The molecule has 2 unspecified atom stereocenters. The minimum atomic E-state index is -3.31. The highest BCUT2D eigenvalue weighted by Crippen LogP contribution is 2.42. The number of likely N-dealkylation sites (tertiary alicyclic amines) is 2. The van der Waals surface area contributed by atoms with Gasteiger partial charge < -0.3 is 15.1 Å². The zero-order chi connectivity index (χ0) is 29.0. The van der Waals surface area contributed by atoms with E-state index < -0.39 is 15.1 Å². The van der Waals surface area contributed by atoms with Crippen molar-refractivity contribution < 1.29 is 18.0 Å². The SMILES string of the molecule is CCC(C)S(=O)(=O)c1ccc(CN2CCC3(CCN(CCC(C(=O)NC4CCC4)c4ccccc4)CC3)C2=O)cc1. The summed E-state index contributed by atoms with van der Waals surface area (Å²) in [5, 5.41) is 2.84. The Hall–Kier alpha value is -2.71. The number of carbonyl (C=O) groups is 2. The lowest BCUT2D eigenvalue weighted by Gasteiger charge is -2.38. The zero-order valence-corrected chi connectivity index (χ0v) is 25.4. The average Bonchev–Trinajstić information content (AvgIpc) is 3.26. The van der Waals surface area contributed by atoms with E-state index in [1.807, 2.05) is 42.2 Å². The molecule has 2 heterocycles. The molecule has 2 saturated heterocycles. The summed E-state index contributed by atoms with van der Waals surface area (Å²) >= 11 is 0. The number of carbonyl (C=O) groups excluding carboxylic acids is 2. The van der Waals surface area contributed by atoms with Gasteiger partial charge in [0, 0.05) is 19.1 Å². The summed E-state index contributed by atoms with van der Waals surface area (Å²) in [5.74, 6) is 0.222. The number of hydrogen-bond acceptors (Lipinski definition) is 5. The summed E-state index contributed by atoms with van der Waals surface area (Å²) in [6.07, 6.45) is 7.28. The smallest absolute Gasteiger partial charge is 0.229 e. The largest absolute Gasteiger partial charge is 0.353 e. The molecule has 2 aromatic rings. The Morgan fingerprint density at radius 3 is 2.27 bits per heavy atom. The van der Waals surface area contributed by atoms with Crippen LogP contribution in [0.1, 0.15) is 82.3 Å². The number of sulfone groups is 1. The van der Waals surface area contributed by atoms with Gasteiger partial charge in [-0.2, -0.15) is 0 Å². The van der Waals surface area contributed by atoms with Crippen LogP contribution in [-0.4, -0.2) is 67.5 Å². The van der Waals surface area contributed by atoms with Gasteiger partial charge in [0.25, 0.3) is 0 Å². The van der Waals surface area contributed by atoms with E-state index in [1.165, 1.54) is 6.42 Å². The molecule has 3 aliphatic rings. The fourth-order valence-electron chi connectivity index (χ4n) is 6.47. The molecule has 2 aromatic carbocycles. The normalized spacial score (nSPS) is 21.0. The van der Waals surface area contributed by atoms with Crippen LogP contribution in [0.3, 0.4) is 0 Å². The van der Waals surface area contributed by atoms with Gasteiger partial charge in [0.1, 0.15) is 0 Å². The maximum absolute atomic E-state index is 13.6. The molecule has 3 fully saturated rings. The van der Waals surface area contributed by atoms with Gasteiger partial charge in [-0.25, -0.2) is 8.42 Å². The Morgan fingerprint density at radius 1 is 1.00 bits per heavy atom. The van der Waals surface area contributed by atoms with E-state index in [-0.39, 0.29) is 23.1 Å². The van der Waals surface area contributed by atoms with E-state index in [0.717, 1.165) is 75.8 Å². The van der Waals surface area contributed by atoms with E-state index in [4.69, 9.17) is 0 Å². The molecule has 222 valence electrons. The minimum absolute atomic E-state index is 0.140. The quantitative estimate of drug-likeness (QED) is 0.409. The van der Waals surface area contributed by atoms with Crippen molar-refractivity contribution in [3.8, 4) is 0 Å². The lowest BCUT2D eigenvalue weighted by atomic mass is 9.77. The fraction of sp³-hybridized carbons (Fsp3) is 0.576. The number of piperidine rings is 1. The summed E-state index contributed by atoms with van der Waals surface area (Å²) in [7, 11) is -3.31. The molecule has 0 bridgehead atoms. The molecule has 2 amide bonds. The zero-order valence-electron chi connectivity index (χ0n) is 24.6. The molecule has 8 heteroatoms. The third-order valence-electron chi connectivity index (χ3n) is 9.85. The second kappa shape index (κ2) is 12.7. The first-order valence-corrected chi connectivity index (χ1v) is 17.0. The summed E-state index contributed by atoms with van der Waals surface area (Å²) in [5.41, 5.74) is 1.74. The maximum Gasteiger partial charge on any atom is 0.229 e. The first-order chi connectivity index (χ1) is 19.7. The Kier molecular flexibility index (Phi) is 9.19. The van der Waals surface area contributed by atoms with Crippen molar-refractivity contribution in [1.82, 2.24) is 15.1 Å². The van der Waals surface area contributed by atoms with Crippen molar-refractivity contribution in [1.29, 1.82) is 0 Å². The lowest BCUT2D eigenvalue weighted by Crippen LogP contribution is -2.46. The van der Waals surface area contributed by atoms with Gasteiger partial charge in [0.05, 0.1) is 21.5 Å². The van der Waals surface area contributed by atoms with Gasteiger partial charge in [-0.05, 0) is 101 Å². The van der Waals surface area contributed by atoms with E-state index in [2.05, 4.69) is 22.3 Å². The topological polar surface area (TPSA) is 86.8 Å². The number of benzene rings is 2. The van der Waals surface area contributed by atoms with Crippen molar-refractivity contribution in [3.05, 3.63) is 65.7 Å². The van der Waals surface area contributed by atoms with Crippen molar-refractivity contribution in [2.24, 2.45) is 5.41 Å². The summed E-state index contributed by atoms with van der Waals surface area (Å²) < 4.78 is 25.3. The third kappa shape index (κ3) is 6.54. The molecule has 5 rings (SSSR count). The van der Waals surface area contributed by atoms with Gasteiger partial charge in [0.15, 0.2) is 9.84 Å². The molecule has 1 spiro atoms. The highest BCUT2D eigenvalue weighted by molar-refractivity contribution is 7.92. The van der Waals surface area contributed by atoms with Crippen molar-refractivity contribution in [3.63, 3.8) is 0 Å². The molecule has 41 heavy (non-hydrogen) atoms. The standard InChI is InChI=1S/C33H45N3O4S/c1-3-25(2)41(39,40)29-14-12-26(13-15-29)24-36-23-19-33(32(36)38)17-21-35(22-18-33)20-16-30(27-8-5-4-6-9-27)31(37)34-28-10-7-11-28/h4-6,8-9,12-15,25,28,30H,3,7,10-11,16-24H2,1-2H3,(H,34,37). The van der Waals surface area contributed by atoms with Gasteiger partial charge in [0.2, 0.25) is 11.8 Å². The van der Waals surface area contributed by atoms with Crippen molar-refractivity contribution in [2.75, 3.05) is 26.2 Å².